The van der Waals surface area contributed by atoms with Gasteiger partial charge in [0, 0.05) is 12.5 Å². The van der Waals surface area contributed by atoms with Crippen LogP contribution in [0.25, 0.3) is 0 Å². The highest BCUT2D eigenvalue weighted by Gasteiger charge is 2.30. The van der Waals surface area contributed by atoms with Crippen LogP contribution >= 0.6 is 0 Å². The van der Waals surface area contributed by atoms with E-state index < -0.39 is 11.7 Å². The second-order valence-electron chi connectivity index (χ2n) is 4.70. The number of alkyl halides is 3. The minimum atomic E-state index is -4.31. The van der Waals surface area contributed by atoms with E-state index in [1.54, 1.807) is 6.92 Å². The summed E-state index contributed by atoms with van der Waals surface area (Å²) >= 11 is 0. The van der Waals surface area contributed by atoms with Gasteiger partial charge in [-0.3, -0.25) is 4.79 Å². The van der Waals surface area contributed by atoms with Gasteiger partial charge in [-0.15, -0.1) is 0 Å². The van der Waals surface area contributed by atoms with Crippen LogP contribution in [0.3, 0.4) is 0 Å². The molecule has 1 rings (SSSR count). The number of nitrogens with one attached hydrogen (secondary N) is 1. The van der Waals surface area contributed by atoms with E-state index >= 15 is 0 Å². The minimum absolute atomic E-state index is 0.0746. The van der Waals surface area contributed by atoms with Crippen LogP contribution in [-0.4, -0.2) is 19.1 Å². The van der Waals surface area contributed by atoms with Gasteiger partial charge in [0.25, 0.3) is 0 Å². The molecular formula is C15H20F3NO2. The molecular weight excluding hydrogens is 283 g/mol. The van der Waals surface area contributed by atoms with Gasteiger partial charge in [0.2, 0.25) is 0 Å². The van der Waals surface area contributed by atoms with E-state index in [-0.39, 0.29) is 12.0 Å². The first-order chi connectivity index (χ1) is 9.84. The molecule has 0 saturated heterocycles. The molecule has 21 heavy (non-hydrogen) atoms. The fraction of sp³-hybridized carbons (Fsp3) is 0.533. The largest absolute Gasteiger partial charge is 0.466 e. The standard InChI is InChI=1S/C15H20F3NO2/c1-3-21-14(20)5-4-10-19-11(2)12-6-8-13(9-7-12)15(16,17)18/h6-9,11,19H,3-5,10H2,1-2H3. The van der Waals surface area contributed by atoms with Crippen LogP contribution in [0.4, 0.5) is 13.2 Å². The van der Waals surface area contributed by atoms with Crippen molar-refractivity contribution in [3.63, 3.8) is 0 Å². The molecule has 0 aromatic heterocycles. The Kier molecular flexibility index (Phi) is 6.68. The van der Waals surface area contributed by atoms with Crippen molar-refractivity contribution in [2.24, 2.45) is 0 Å². The highest BCUT2D eigenvalue weighted by Crippen LogP contribution is 2.29. The molecule has 1 aromatic rings. The van der Waals surface area contributed by atoms with Gasteiger partial charge in [-0.1, -0.05) is 12.1 Å². The van der Waals surface area contributed by atoms with Crippen molar-refractivity contribution < 1.29 is 22.7 Å². The summed E-state index contributed by atoms with van der Waals surface area (Å²) in [5.74, 6) is -0.235. The third-order valence-electron chi connectivity index (χ3n) is 3.05. The smallest absolute Gasteiger partial charge is 0.416 e. The number of hydrogen-bond donors (Lipinski definition) is 1. The van der Waals surface area contributed by atoms with Crippen molar-refractivity contribution >= 4 is 5.97 Å². The third kappa shape index (κ3) is 6.16. The topological polar surface area (TPSA) is 38.3 Å². The first kappa shape index (κ1) is 17.5. The van der Waals surface area contributed by atoms with Crippen molar-refractivity contribution in [3.8, 4) is 0 Å². The Morgan fingerprint density at radius 2 is 1.90 bits per heavy atom. The molecule has 118 valence electrons. The van der Waals surface area contributed by atoms with E-state index in [2.05, 4.69) is 5.32 Å². The van der Waals surface area contributed by atoms with Gasteiger partial charge in [-0.25, -0.2) is 0 Å². The van der Waals surface area contributed by atoms with Crippen molar-refractivity contribution in [2.75, 3.05) is 13.2 Å². The summed E-state index contributed by atoms with van der Waals surface area (Å²) in [5.41, 5.74) is 0.125. The van der Waals surface area contributed by atoms with E-state index in [4.69, 9.17) is 4.74 Å². The highest BCUT2D eigenvalue weighted by molar-refractivity contribution is 5.69. The van der Waals surface area contributed by atoms with Crippen LogP contribution in [0.1, 0.15) is 43.9 Å². The summed E-state index contributed by atoms with van der Waals surface area (Å²) in [7, 11) is 0. The first-order valence-electron chi connectivity index (χ1n) is 6.90. The number of hydrogen-bond acceptors (Lipinski definition) is 3. The normalized spacial score (nSPS) is 13.0. The lowest BCUT2D eigenvalue weighted by molar-refractivity contribution is -0.143. The van der Waals surface area contributed by atoms with E-state index in [9.17, 15) is 18.0 Å². The zero-order chi connectivity index (χ0) is 15.9. The summed E-state index contributed by atoms with van der Waals surface area (Å²) in [5, 5.41) is 3.17. The van der Waals surface area contributed by atoms with Crippen LogP contribution < -0.4 is 5.32 Å². The minimum Gasteiger partial charge on any atom is -0.466 e. The molecule has 0 saturated carbocycles. The molecule has 0 aliphatic rings. The quantitative estimate of drug-likeness (QED) is 0.616. The molecule has 0 aliphatic carbocycles. The predicted octanol–water partition coefficient (Wildman–Crippen LogP) is 3.70. The number of halogens is 3. The lowest BCUT2D eigenvalue weighted by Crippen LogP contribution is -2.21. The number of ether oxygens (including phenoxy) is 1. The maximum atomic E-state index is 12.4. The Hall–Kier alpha value is -1.56. The van der Waals surface area contributed by atoms with E-state index in [0.29, 0.717) is 26.0 Å². The molecule has 0 amide bonds. The zero-order valence-electron chi connectivity index (χ0n) is 12.2. The fourth-order valence-corrected chi connectivity index (χ4v) is 1.86. The maximum Gasteiger partial charge on any atom is 0.416 e. The maximum absolute atomic E-state index is 12.4. The SMILES string of the molecule is CCOC(=O)CCCNC(C)c1ccc(C(F)(F)F)cc1. The summed E-state index contributed by atoms with van der Waals surface area (Å²) in [4.78, 5) is 11.1. The number of carbonyl (C=O) groups excluding carboxylic acids is 1. The molecule has 0 spiro atoms. The Morgan fingerprint density at radius 1 is 1.29 bits per heavy atom. The highest BCUT2D eigenvalue weighted by atomic mass is 19.4. The van der Waals surface area contributed by atoms with Crippen LogP contribution in [0.5, 0.6) is 0 Å². The number of carbonyl (C=O) groups is 1. The molecule has 1 unspecified atom stereocenters. The summed E-state index contributed by atoms with van der Waals surface area (Å²) in [6.07, 6.45) is -3.35. The molecule has 0 heterocycles. The average Bonchev–Trinajstić information content (AvgIpc) is 2.43. The van der Waals surface area contributed by atoms with Crippen LogP contribution in [0.2, 0.25) is 0 Å². The molecule has 6 heteroatoms. The lowest BCUT2D eigenvalue weighted by atomic mass is 10.1. The summed E-state index contributed by atoms with van der Waals surface area (Å²) in [6.45, 7) is 4.59. The monoisotopic (exact) mass is 303 g/mol. The molecule has 0 bridgehead atoms. The van der Waals surface area contributed by atoms with Crippen LogP contribution in [0.15, 0.2) is 24.3 Å². The Labute approximate surface area is 122 Å². The molecule has 1 aromatic carbocycles. The van der Waals surface area contributed by atoms with Gasteiger partial charge in [0.1, 0.15) is 0 Å². The third-order valence-corrected chi connectivity index (χ3v) is 3.05. The van der Waals surface area contributed by atoms with Crippen molar-refractivity contribution in [2.45, 2.75) is 38.9 Å². The van der Waals surface area contributed by atoms with Crippen molar-refractivity contribution in [1.82, 2.24) is 5.32 Å². The Balaban J connectivity index is 2.38. The predicted molar refractivity (Wildman–Crippen MR) is 73.7 cm³/mol. The van der Waals surface area contributed by atoms with E-state index in [0.717, 1.165) is 17.7 Å². The Morgan fingerprint density at radius 3 is 2.43 bits per heavy atom. The van der Waals surface area contributed by atoms with E-state index in [1.807, 2.05) is 6.92 Å². The lowest BCUT2D eigenvalue weighted by Gasteiger charge is -2.15. The van der Waals surface area contributed by atoms with Gasteiger partial charge in [0.15, 0.2) is 0 Å². The zero-order valence-corrected chi connectivity index (χ0v) is 12.2. The van der Waals surface area contributed by atoms with Gasteiger partial charge in [-0.05, 0) is 44.5 Å². The summed E-state index contributed by atoms with van der Waals surface area (Å²) < 4.78 is 42.1. The molecule has 0 radical (unpaired) electrons. The van der Waals surface area contributed by atoms with Crippen molar-refractivity contribution in [3.05, 3.63) is 35.4 Å². The second kappa shape index (κ2) is 8.02. The second-order valence-corrected chi connectivity index (χ2v) is 4.70. The van der Waals surface area contributed by atoms with E-state index in [1.165, 1.54) is 12.1 Å². The fourth-order valence-electron chi connectivity index (χ4n) is 1.86. The van der Waals surface area contributed by atoms with Gasteiger partial charge >= 0.3 is 12.1 Å². The molecule has 3 nitrogen and oxygen atoms in total. The van der Waals surface area contributed by atoms with Crippen molar-refractivity contribution in [1.29, 1.82) is 0 Å². The number of esters is 1. The van der Waals surface area contributed by atoms with Crippen LogP contribution in [-0.2, 0) is 15.7 Å². The first-order valence-corrected chi connectivity index (χ1v) is 6.90. The molecule has 0 aliphatic heterocycles. The van der Waals surface area contributed by atoms with Crippen LogP contribution in [0, 0.1) is 0 Å². The van der Waals surface area contributed by atoms with Gasteiger partial charge in [0.05, 0.1) is 12.2 Å². The molecule has 1 N–H and O–H groups in total. The molecule has 1 atom stereocenters. The molecule has 0 fully saturated rings. The van der Waals surface area contributed by atoms with Gasteiger partial charge in [-0.2, -0.15) is 13.2 Å². The Bertz CT molecular complexity index is 443. The number of rotatable bonds is 7. The summed E-state index contributed by atoms with van der Waals surface area (Å²) in [6, 6.07) is 5.00. The average molecular weight is 303 g/mol. The van der Waals surface area contributed by atoms with Gasteiger partial charge < -0.3 is 10.1 Å². The number of benzene rings is 1.